The topological polar surface area (TPSA) is 76.4 Å². The number of ether oxygens (including phenoxy) is 1. The number of nitro benzene ring substituents is 1. The molecule has 1 fully saturated rings. The molecule has 1 aliphatic carbocycles. The van der Waals surface area contributed by atoms with Crippen molar-refractivity contribution in [1.29, 1.82) is 0 Å². The van der Waals surface area contributed by atoms with Crippen LogP contribution in [0.25, 0.3) is 0 Å². The second-order valence-corrected chi connectivity index (χ2v) is 5.12. The van der Waals surface area contributed by atoms with Gasteiger partial charge in [-0.25, -0.2) is 0 Å². The summed E-state index contributed by atoms with van der Waals surface area (Å²) < 4.78 is 5.04. The Morgan fingerprint density at radius 3 is 2.45 bits per heavy atom. The van der Waals surface area contributed by atoms with Crippen LogP contribution in [-0.2, 0) is 0 Å². The van der Waals surface area contributed by atoms with E-state index in [-0.39, 0.29) is 10.6 Å². The number of nitrogens with zero attached hydrogens (tertiary/aromatic N) is 1. The Labute approximate surface area is 118 Å². The van der Waals surface area contributed by atoms with Crippen molar-refractivity contribution >= 4 is 11.4 Å². The highest BCUT2D eigenvalue weighted by molar-refractivity contribution is 5.64. The third-order valence-corrected chi connectivity index (χ3v) is 3.90. The second kappa shape index (κ2) is 6.56. The van der Waals surface area contributed by atoms with E-state index in [0.717, 1.165) is 25.7 Å². The molecule has 20 heavy (non-hydrogen) atoms. The molecule has 6 nitrogen and oxygen atoms in total. The van der Waals surface area contributed by atoms with Crippen molar-refractivity contribution < 1.29 is 9.66 Å². The molecule has 0 spiro atoms. The Bertz CT molecular complexity index is 471. The van der Waals surface area contributed by atoms with Crippen LogP contribution < -0.4 is 15.4 Å². The largest absolute Gasteiger partial charge is 0.496 e. The van der Waals surface area contributed by atoms with E-state index in [4.69, 9.17) is 4.74 Å². The summed E-state index contributed by atoms with van der Waals surface area (Å²) >= 11 is 0. The summed E-state index contributed by atoms with van der Waals surface area (Å²) in [6, 6.07) is 5.79. The highest BCUT2D eigenvalue weighted by atomic mass is 16.6. The number of hydrogen-bond acceptors (Lipinski definition) is 5. The van der Waals surface area contributed by atoms with Gasteiger partial charge in [-0.05, 0) is 44.9 Å². The van der Waals surface area contributed by atoms with Crippen molar-refractivity contribution in [2.75, 3.05) is 19.5 Å². The van der Waals surface area contributed by atoms with E-state index in [1.165, 1.54) is 13.2 Å². The van der Waals surface area contributed by atoms with Crippen molar-refractivity contribution in [3.63, 3.8) is 0 Å². The molecule has 0 unspecified atom stereocenters. The minimum absolute atomic E-state index is 0.0695. The molecule has 0 heterocycles. The molecule has 0 atom stereocenters. The van der Waals surface area contributed by atoms with E-state index in [9.17, 15) is 10.1 Å². The smallest absolute Gasteiger partial charge is 0.296 e. The van der Waals surface area contributed by atoms with Gasteiger partial charge in [-0.2, -0.15) is 0 Å². The average molecular weight is 279 g/mol. The molecular weight excluding hydrogens is 258 g/mol. The average Bonchev–Trinajstić information content (AvgIpc) is 2.48. The van der Waals surface area contributed by atoms with Gasteiger partial charge in [0.1, 0.15) is 11.4 Å². The zero-order valence-electron chi connectivity index (χ0n) is 11.9. The Morgan fingerprint density at radius 2 is 1.90 bits per heavy atom. The van der Waals surface area contributed by atoms with Crippen LogP contribution in [0.3, 0.4) is 0 Å². The predicted octanol–water partition coefficient (Wildman–Crippen LogP) is 2.55. The first-order valence-corrected chi connectivity index (χ1v) is 6.90. The lowest BCUT2D eigenvalue weighted by Gasteiger charge is -2.29. The van der Waals surface area contributed by atoms with Crippen LogP contribution >= 0.6 is 0 Å². The van der Waals surface area contributed by atoms with Gasteiger partial charge >= 0.3 is 0 Å². The zero-order valence-corrected chi connectivity index (χ0v) is 11.9. The molecule has 0 aliphatic heterocycles. The lowest BCUT2D eigenvalue weighted by molar-refractivity contribution is -0.384. The minimum atomic E-state index is -0.371. The number of rotatable bonds is 5. The zero-order chi connectivity index (χ0) is 14.5. The van der Waals surface area contributed by atoms with Gasteiger partial charge in [0.05, 0.1) is 18.1 Å². The van der Waals surface area contributed by atoms with Gasteiger partial charge in [-0.15, -0.1) is 0 Å². The summed E-state index contributed by atoms with van der Waals surface area (Å²) in [6.07, 6.45) is 4.24. The maximum atomic E-state index is 11.1. The van der Waals surface area contributed by atoms with E-state index in [1.807, 2.05) is 7.05 Å². The Hall–Kier alpha value is -1.82. The number of benzene rings is 1. The number of nitrogens with one attached hydrogen (secondary N) is 2. The fourth-order valence-electron chi connectivity index (χ4n) is 2.66. The van der Waals surface area contributed by atoms with E-state index in [2.05, 4.69) is 10.6 Å². The molecule has 1 aromatic rings. The molecule has 1 saturated carbocycles. The van der Waals surface area contributed by atoms with E-state index in [1.54, 1.807) is 12.1 Å². The number of anilines is 1. The highest BCUT2D eigenvalue weighted by Crippen LogP contribution is 2.31. The molecule has 0 aromatic heterocycles. The van der Waals surface area contributed by atoms with Gasteiger partial charge in [0, 0.05) is 12.1 Å². The fourth-order valence-corrected chi connectivity index (χ4v) is 2.66. The lowest BCUT2D eigenvalue weighted by Crippen LogP contribution is -2.35. The van der Waals surface area contributed by atoms with Gasteiger partial charge in [-0.1, -0.05) is 0 Å². The summed E-state index contributed by atoms with van der Waals surface area (Å²) in [7, 11) is 3.48. The Kier molecular flexibility index (Phi) is 4.79. The van der Waals surface area contributed by atoms with Gasteiger partial charge in [-0.3, -0.25) is 10.1 Å². The Balaban J connectivity index is 2.07. The summed E-state index contributed by atoms with van der Waals surface area (Å²) in [5.41, 5.74) is 0.642. The molecule has 110 valence electrons. The van der Waals surface area contributed by atoms with Gasteiger partial charge < -0.3 is 15.4 Å². The molecular formula is C14H21N3O3. The highest BCUT2D eigenvalue weighted by Gasteiger charge is 2.23. The third kappa shape index (κ3) is 3.39. The van der Waals surface area contributed by atoms with Crippen molar-refractivity contribution in [3.8, 4) is 5.75 Å². The molecule has 0 bridgehead atoms. The quantitative estimate of drug-likeness (QED) is 0.640. The molecule has 0 saturated heterocycles. The van der Waals surface area contributed by atoms with Crippen molar-refractivity contribution in [3.05, 3.63) is 28.3 Å². The van der Waals surface area contributed by atoms with E-state index >= 15 is 0 Å². The monoisotopic (exact) mass is 279 g/mol. The second-order valence-electron chi connectivity index (χ2n) is 5.12. The molecule has 2 N–H and O–H groups in total. The third-order valence-electron chi connectivity index (χ3n) is 3.90. The SMILES string of the molecule is CNC1CCC(Nc2ccc(OC)cc2[N+](=O)[O-])CC1. The molecule has 6 heteroatoms. The molecule has 2 rings (SSSR count). The summed E-state index contributed by atoms with van der Waals surface area (Å²) in [4.78, 5) is 10.8. The molecule has 1 aliphatic rings. The first-order chi connectivity index (χ1) is 9.63. The number of nitro groups is 1. The van der Waals surface area contributed by atoms with E-state index < -0.39 is 0 Å². The fraction of sp³-hybridized carbons (Fsp3) is 0.571. The van der Waals surface area contributed by atoms with Crippen molar-refractivity contribution in [2.45, 2.75) is 37.8 Å². The number of hydrogen-bond donors (Lipinski definition) is 2. The van der Waals surface area contributed by atoms with Crippen LogP contribution in [0.1, 0.15) is 25.7 Å². The van der Waals surface area contributed by atoms with Crippen LogP contribution in [0.4, 0.5) is 11.4 Å². The number of methoxy groups -OCH3 is 1. The van der Waals surface area contributed by atoms with Gasteiger partial charge in [0.25, 0.3) is 5.69 Å². The van der Waals surface area contributed by atoms with E-state index in [0.29, 0.717) is 23.5 Å². The van der Waals surface area contributed by atoms with Crippen LogP contribution in [0.5, 0.6) is 5.75 Å². The molecule has 0 amide bonds. The minimum Gasteiger partial charge on any atom is -0.496 e. The Morgan fingerprint density at radius 1 is 1.25 bits per heavy atom. The van der Waals surface area contributed by atoms with Crippen molar-refractivity contribution in [1.82, 2.24) is 5.32 Å². The summed E-state index contributed by atoms with van der Waals surface area (Å²) in [5.74, 6) is 0.501. The van der Waals surface area contributed by atoms with Crippen LogP contribution in [-0.4, -0.2) is 31.2 Å². The summed E-state index contributed by atoms with van der Waals surface area (Å²) in [5, 5.41) is 17.7. The maximum absolute atomic E-state index is 11.1. The maximum Gasteiger partial charge on any atom is 0.296 e. The van der Waals surface area contributed by atoms with Gasteiger partial charge in [0.15, 0.2) is 0 Å². The normalized spacial score (nSPS) is 22.3. The summed E-state index contributed by atoms with van der Waals surface area (Å²) in [6.45, 7) is 0. The van der Waals surface area contributed by atoms with Crippen molar-refractivity contribution in [2.24, 2.45) is 0 Å². The standard InChI is InChI=1S/C14H21N3O3/c1-15-10-3-5-11(6-4-10)16-13-8-7-12(20-2)9-14(13)17(18)19/h7-11,15-16H,3-6H2,1-2H3. The predicted molar refractivity (Wildman–Crippen MR) is 78.4 cm³/mol. The molecule has 0 radical (unpaired) electrons. The first-order valence-electron chi connectivity index (χ1n) is 6.90. The van der Waals surface area contributed by atoms with Crippen LogP contribution in [0, 0.1) is 10.1 Å². The van der Waals surface area contributed by atoms with Crippen LogP contribution in [0.15, 0.2) is 18.2 Å². The molecule has 1 aromatic carbocycles. The van der Waals surface area contributed by atoms with Gasteiger partial charge in [0.2, 0.25) is 0 Å². The van der Waals surface area contributed by atoms with Crippen LogP contribution in [0.2, 0.25) is 0 Å². The first kappa shape index (κ1) is 14.6. The lowest BCUT2D eigenvalue weighted by atomic mass is 9.91.